The van der Waals surface area contributed by atoms with Gasteiger partial charge in [0.15, 0.2) is 0 Å². The quantitative estimate of drug-likeness (QED) is 0.857. The van der Waals surface area contributed by atoms with Gasteiger partial charge in [-0.1, -0.05) is 26.8 Å². The van der Waals surface area contributed by atoms with Crippen LogP contribution in [0.15, 0.2) is 17.5 Å². The van der Waals surface area contributed by atoms with Gasteiger partial charge >= 0.3 is 0 Å². The van der Waals surface area contributed by atoms with E-state index in [2.05, 4.69) is 48.5 Å². The average Bonchev–Trinajstić information content (AvgIpc) is 2.98. The maximum atomic E-state index is 3.75. The first-order valence-corrected chi connectivity index (χ1v) is 8.63. The van der Waals surface area contributed by atoms with E-state index in [1.54, 1.807) is 0 Å². The Morgan fingerprint density at radius 1 is 1.37 bits per heavy atom. The van der Waals surface area contributed by atoms with Crippen LogP contribution in [0.4, 0.5) is 0 Å². The molecule has 1 saturated heterocycles. The Kier molecular flexibility index (Phi) is 5.43. The number of hydrogen-bond donors (Lipinski definition) is 1. The van der Waals surface area contributed by atoms with Crippen molar-refractivity contribution in [2.75, 3.05) is 19.6 Å². The second-order valence-corrected chi connectivity index (χ2v) is 6.73. The van der Waals surface area contributed by atoms with Crippen molar-refractivity contribution >= 4 is 11.3 Å². The molecule has 0 radical (unpaired) electrons. The Labute approximate surface area is 122 Å². The molecule has 19 heavy (non-hydrogen) atoms. The standard InChI is InChI=1S/C16H28N2S/c1-4-14-12-18(10-9-15-8-7-11-19-15)16(5-2,6-3)13-17-14/h7-8,11,14,17H,4-6,9-10,12-13H2,1-3H3. The molecular formula is C16H28N2S. The van der Waals surface area contributed by atoms with E-state index in [0.717, 1.165) is 6.54 Å². The zero-order valence-corrected chi connectivity index (χ0v) is 13.4. The van der Waals surface area contributed by atoms with Crippen molar-refractivity contribution in [3.63, 3.8) is 0 Å². The van der Waals surface area contributed by atoms with Crippen LogP contribution in [0.1, 0.15) is 44.9 Å². The summed E-state index contributed by atoms with van der Waals surface area (Å²) in [6.45, 7) is 10.6. The number of nitrogens with one attached hydrogen (secondary N) is 1. The summed E-state index contributed by atoms with van der Waals surface area (Å²) < 4.78 is 0. The van der Waals surface area contributed by atoms with E-state index in [0.29, 0.717) is 11.6 Å². The summed E-state index contributed by atoms with van der Waals surface area (Å²) in [6, 6.07) is 5.11. The van der Waals surface area contributed by atoms with Crippen LogP contribution in [-0.2, 0) is 6.42 Å². The fourth-order valence-corrected chi connectivity index (χ4v) is 3.92. The second-order valence-electron chi connectivity index (χ2n) is 5.69. The lowest BCUT2D eigenvalue weighted by Crippen LogP contribution is -2.64. The minimum absolute atomic E-state index is 0.378. The predicted octanol–water partition coefficient (Wildman–Crippen LogP) is 3.53. The Morgan fingerprint density at radius 2 is 2.16 bits per heavy atom. The monoisotopic (exact) mass is 280 g/mol. The highest BCUT2D eigenvalue weighted by atomic mass is 32.1. The number of hydrogen-bond acceptors (Lipinski definition) is 3. The van der Waals surface area contributed by atoms with Gasteiger partial charge in [0, 0.05) is 36.1 Å². The molecule has 0 amide bonds. The fourth-order valence-electron chi connectivity index (χ4n) is 3.22. The van der Waals surface area contributed by atoms with Gasteiger partial charge in [-0.25, -0.2) is 0 Å². The topological polar surface area (TPSA) is 15.3 Å². The van der Waals surface area contributed by atoms with Gasteiger partial charge in [0.05, 0.1) is 0 Å². The van der Waals surface area contributed by atoms with E-state index in [1.165, 1.54) is 43.6 Å². The summed E-state index contributed by atoms with van der Waals surface area (Å²) in [4.78, 5) is 4.28. The van der Waals surface area contributed by atoms with Gasteiger partial charge in [0.1, 0.15) is 0 Å². The molecule has 1 aliphatic heterocycles. The van der Waals surface area contributed by atoms with Gasteiger partial charge in [0.25, 0.3) is 0 Å². The molecule has 0 bridgehead atoms. The number of thiophene rings is 1. The Balaban J connectivity index is 2.02. The van der Waals surface area contributed by atoms with E-state index in [4.69, 9.17) is 0 Å². The van der Waals surface area contributed by atoms with Crippen molar-refractivity contribution < 1.29 is 0 Å². The summed E-state index contributed by atoms with van der Waals surface area (Å²) in [5, 5.41) is 5.93. The molecule has 1 unspecified atom stereocenters. The average molecular weight is 280 g/mol. The van der Waals surface area contributed by atoms with Gasteiger partial charge in [-0.15, -0.1) is 11.3 Å². The molecule has 0 spiro atoms. The third kappa shape index (κ3) is 3.39. The van der Waals surface area contributed by atoms with Gasteiger partial charge in [0.2, 0.25) is 0 Å². The summed E-state index contributed by atoms with van der Waals surface area (Å²) >= 11 is 1.89. The molecule has 1 N–H and O–H groups in total. The van der Waals surface area contributed by atoms with Crippen molar-refractivity contribution in [1.29, 1.82) is 0 Å². The first kappa shape index (κ1) is 15.0. The van der Waals surface area contributed by atoms with Crippen molar-refractivity contribution in [1.82, 2.24) is 10.2 Å². The minimum atomic E-state index is 0.378. The van der Waals surface area contributed by atoms with Crippen molar-refractivity contribution in [2.24, 2.45) is 0 Å². The zero-order valence-electron chi connectivity index (χ0n) is 12.6. The normalized spacial score (nSPS) is 23.6. The molecule has 2 rings (SSSR count). The fraction of sp³-hybridized carbons (Fsp3) is 0.750. The Bertz CT molecular complexity index is 357. The van der Waals surface area contributed by atoms with Crippen molar-refractivity contribution in [2.45, 2.75) is 58.0 Å². The molecule has 1 atom stereocenters. The van der Waals surface area contributed by atoms with Gasteiger partial charge in [-0.3, -0.25) is 4.90 Å². The Morgan fingerprint density at radius 3 is 2.74 bits per heavy atom. The van der Waals surface area contributed by atoms with Crippen LogP contribution in [0.5, 0.6) is 0 Å². The van der Waals surface area contributed by atoms with E-state index < -0.39 is 0 Å². The number of piperazine rings is 1. The van der Waals surface area contributed by atoms with Crippen LogP contribution in [0.2, 0.25) is 0 Å². The van der Waals surface area contributed by atoms with Crippen LogP contribution in [0.25, 0.3) is 0 Å². The van der Waals surface area contributed by atoms with Gasteiger partial charge in [-0.2, -0.15) is 0 Å². The number of rotatable bonds is 6. The maximum absolute atomic E-state index is 3.75. The summed E-state index contributed by atoms with van der Waals surface area (Å²) in [7, 11) is 0. The summed E-state index contributed by atoms with van der Waals surface area (Å²) in [5.41, 5.74) is 0.378. The van der Waals surface area contributed by atoms with E-state index in [9.17, 15) is 0 Å². The molecule has 1 aliphatic rings. The van der Waals surface area contributed by atoms with Crippen LogP contribution < -0.4 is 5.32 Å². The molecule has 1 fully saturated rings. The van der Waals surface area contributed by atoms with Crippen LogP contribution >= 0.6 is 11.3 Å². The van der Waals surface area contributed by atoms with E-state index in [-0.39, 0.29) is 0 Å². The lowest BCUT2D eigenvalue weighted by atomic mass is 9.86. The van der Waals surface area contributed by atoms with Crippen LogP contribution in [0, 0.1) is 0 Å². The number of nitrogens with zero attached hydrogens (tertiary/aromatic N) is 1. The molecule has 3 heteroatoms. The molecular weight excluding hydrogens is 252 g/mol. The summed E-state index contributed by atoms with van der Waals surface area (Å²) in [5.74, 6) is 0. The van der Waals surface area contributed by atoms with E-state index in [1.807, 2.05) is 11.3 Å². The third-order valence-corrected chi connectivity index (χ3v) is 5.78. The zero-order chi connectivity index (χ0) is 13.7. The molecule has 1 aromatic rings. The van der Waals surface area contributed by atoms with E-state index >= 15 is 0 Å². The highest BCUT2D eigenvalue weighted by Crippen LogP contribution is 2.28. The first-order valence-electron chi connectivity index (χ1n) is 7.75. The van der Waals surface area contributed by atoms with Crippen LogP contribution in [-0.4, -0.2) is 36.1 Å². The predicted molar refractivity (Wildman–Crippen MR) is 85.0 cm³/mol. The van der Waals surface area contributed by atoms with Crippen molar-refractivity contribution in [3.8, 4) is 0 Å². The highest BCUT2D eigenvalue weighted by Gasteiger charge is 2.37. The van der Waals surface area contributed by atoms with Crippen LogP contribution in [0.3, 0.4) is 0 Å². The lowest BCUT2D eigenvalue weighted by molar-refractivity contribution is 0.0320. The molecule has 0 aliphatic carbocycles. The minimum Gasteiger partial charge on any atom is -0.311 e. The SMILES string of the molecule is CCC1CN(CCc2cccs2)C(CC)(CC)CN1. The van der Waals surface area contributed by atoms with Gasteiger partial charge < -0.3 is 5.32 Å². The molecule has 2 heterocycles. The maximum Gasteiger partial charge on any atom is 0.0329 e. The molecule has 108 valence electrons. The molecule has 2 nitrogen and oxygen atoms in total. The third-order valence-electron chi connectivity index (χ3n) is 4.85. The lowest BCUT2D eigenvalue weighted by Gasteiger charge is -2.49. The Hall–Kier alpha value is -0.380. The molecule has 0 aromatic carbocycles. The smallest absolute Gasteiger partial charge is 0.0329 e. The molecule has 1 aromatic heterocycles. The summed E-state index contributed by atoms with van der Waals surface area (Å²) in [6.07, 6.45) is 4.93. The van der Waals surface area contributed by atoms with Crippen molar-refractivity contribution in [3.05, 3.63) is 22.4 Å². The van der Waals surface area contributed by atoms with Gasteiger partial charge in [-0.05, 0) is 37.1 Å². The first-order chi connectivity index (χ1) is 9.24. The largest absolute Gasteiger partial charge is 0.311 e. The highest BCUT2D eigenvalue weighted by molar-refractivity contribution is 7.09. The molecule has 0 saturated carbocycles. The second kappa shape index (κ2) is 6.87.